The van der Waals surface area contributed by atoms with Gasteiger partial charge in [0, 0.05) is 25.1 Å². The number of fused-ring (bicyclic) bond motifs is 1. The first-order valence-corrected chi connectivity index (χ1v) is 10.7. The summed E-state index contributed by atoms with van der Waals surface area (Å²) in [6.45, 7) is 1.94. The normalized spacial score (nSPS) is 15.5. The molecule has 164 valence electrons. The number of ether oxygens (including phenoxy) is 2. The van der Waals surface area contributed by atoms with Crippen molar-refractivity contribution in [2.24, 2.45) is 5.92 Å². The van der Waals surface area contributed by atoms with E-state index in [0.717, 1.165) is 23.4 Å². The average molecular weight is 426 g/mol. The van der Waals surface area contributed by atoms with Crippen LogP contribution >= 0.6 is 0 Å². The van der Waals surface area contributed by atoms with Gasteiger partial charge in [-0.15, -0.1) is 0 Å². The number of benzene rings is 2. The molecule has 4 rings (SSSR count). The van der Waals surface area contributed by atoms with E-state index in [4.69, 9.17) is 9.47 Å². The van der Waals surface area contributed by atoms with Crippen LogP contribution in [0.15, 0.2) is 42.5 Å². The number of hydrogen-bond donors (Lipinski definition) is 1. The van der Waals surface area contributed by atoms with E-state index in [2.05, 4.69) is 5.32 Å². The maximum Gasteiger partial charge on any atom is 0.260 e. The Morgan fingerprint density at radius 3 is 2.74 bits per heavy atom. The topological polar surface area (TPSA) is 67.9 Å². The molecule has 1 aliphatic carbocycles. The fraction of sp³-hybridized carbons (Fsp3) is 0.417. The first-order chi connectivity index (χ1) is 15.1. The maximum atomic E-state index is 13.0. The quantitative estimate of drug-likeness (QED) is 0.705. The van der Waals surface area contributed by atoms with Crippen molar-refractivity contribution in [1.29, 1.82) is 0 Å². The third kappa shape index (κ3) is 6.20. The molecular weight excluding hydrogens is 399 g/mol. The summed E-state index contributed by atoms with van der Waals surface area (Å²) in [6, 6.07) is 11.5. The molecule has 0 unspecified atom stereocenters. The number of carbonyl (C=O) groups is 2. The van der Waals surface area contributed by atoms with E-state index in [-0.39, 0.29) is 24.2 Å². The molecule has 2 aromatic carbocycles. The Morgan fingerprint density at radius 1 is 1.16 bits per heavy atom. The first-order valence-electron chi connectivity index (χ1n) is 10.7. The van der Waals surface area contributed by atoms with Gasteiger partial charge in [-0.25, -0.2) is 4.39 Å². The lowest BCUT2D eigenvalue weighted by Gasteiger charge is -2.20. The van der Waals surface area contributed by atoms with Gasteiger partial charge < -0.3 is 19.7 Å². The summed E-state index contributed by atoms with van der Waals surface area (Å²) in [4.78, 5) is 26.4. The highest BCUT2D eigenvalue weighted by Gasteiger charge is 2.22. The predicted molar refractivity (Wildman–Crippen MR) is 113 cm³/mol. The Bertz CT molecular complexity index is 928. The summed E-state index contributed by atoms with van der Waals surface area (Å²) >= 11 is 0. The number of carbonyl (C=O) groups excluding carboxylic acids is 2. The second-order valence-corrected chi connectivity index (χ2v) is 8.10. The first kappa shape index (κ1) is 21.2. The molecular formula is C24H27FN2O4. The van der Waals surface area contributed by atoms with Crippen molar-refractivity contribution < 1.29 is 23.5 Å². The Hall–Kier alpha value is -3.09. The number of rotatable bonds is 8. The van der Waals surface area contributed by atoms with E-state index in [9.17, 15) is 14.0 Å². The van der Waals surface area contributed by atoms with Crippen molar-refractivity contribution in [3.05, 3.63) is 59.4 Å². The van der Waals surface area contributed by atoms with Crippen molar-refractivity contribution in [1.82, 2.24) is 10.2 Å². The van der Waals surface area contributed by atoms with Gasteiger partial charge in [0.1, 0.15) is 23.9 Å². The summed E-state index contributed by atoms with van der Waals surface area (Å²) in [5.41, 5.74) is 1.96. The zero-order valence-corrected chi connectivity index (χ0v) is 17.4. The summed E-state index contributed by atoms with van der Waals surface area (Å²) in [5, 5.41) is 2.99. The van der Waals surface area contributed by atoms with Crippen LogP contribution in [0, 0.1) is 11.7 Å². The Labute approximate surface area is 181 Å². The van der Waals surface area contributed by atoms with Crippen LogP contribution in [0.1, 0.15) is 30.4 Å². The van der Waals surface area contributed by atoms with Crippen molar-refractivity contribution >= 4 is 11.8 Å². The van der Waals surface area contributed by atoms with Crippen molar-refractivity contribution in [2.75, 3.05) is 26.3 Å². The van der Waals surface area contributed by atoms with Gasteiger partial charge in [0.15, 0.2) is 6.61 Å². The molecule has 1 fully saturated rings. The lowest BCUT2D eigenvalue weighted by Crippen LogP contribution is -2.36. The minimum Gasteiger partial charge on any atom is -0.491 e. The van der Waals surface area contributed by atoms with Gasteiger partial charge in [0.25, 0.3) is 5.91 Å². The molecule has 1 saturated carbocycles. The minimum absolute atomic E-state index is 0.0767. The van der Waals surface area contributed by atoms with Crippen LogP contribution in [0.2, 0.25) is 0 Å². The molecule has 0 aromatic heterocycles. The second kappa shape index (κ2) is 9.81. The lowest BCUT2D eigenvalue weighted by atomic mass is 10.0. The van der Waals surface area contributed by atoms with Crippen molar-refractivity contribution in [2.45, 2.75) is 32.2 Å². The predicted octanol–water partition coefficient (Wildman–Crippen LogP) is 3.08. The van der Waals surface area contributed by atoms with E-state index >= 15 is 0 Å². The van der Waals surface area contributed by atoms with E-state index in [1.807, 2.05) is 18.2 Å². The van der Waals surface area contributed by atoms with Gasteiger partial charge in [-0.2, -0.15) is 0 Å². The molecule has 7 heteroatoms. The number of nitrogens with zero attached hydrogens (tertiary/aromatic N) is 1. The summed E-state index contributed by atoms with van der Waals surface area (Å²) in [5.74, 6) is 1.44. The van der Waals surface area contributed by atoms with E-state index in [0.29, 0.717) is 44.2 Å². The van der Waals surface area contributed by atoms with Gasteiger partial charge in [-0.3, -0.25) is 9.59 Å². The molecule has 0 radical (unpaired) electrons. The van der Waals surface area contributed by atoms with Gasteiger partial charge in [0.05, 0.1) is 6.54 Å². The van der Waals surface area contributed by atoms with Crippen LogP contribution in [0.3, 0.4) is 0 Å². The van der Waals surface area contributed by atoms with Crippen molar-refractivity contribution in [3.8, 4) is 11.5 Å². The Morgan fingerprint density at radius 2 is 1.97 bits per heavy atom. The minimum atomic E-state index is -0.351. The maximum absolute atomic E-state index is 13.0. The molecule has 31 heavy (non-hydrogen) atoms. The van der Waals surface area contributed by atoms with Crippen LogP contribution in [0.25, 0.3) is 0 Å². The number of aryl methyl sites for hydroxylation is 1. The SMILES string of the molecule is O=C(CCc1ccc2c(c1)CN(C(=O)COc1ccc(F)cc1)CCO2)NCC1CC1. The summed E-state index contributed by atoms with van der Waals surface area (Å²) in [7, 11) is 0. The van der Waals surface area contributed by atoms with Gasteiger partial charge in [-0.1, -0.05) is 12.1 Å². The highest BCUT2D eigenvalue weighted by atomic mass is 19.1. The summed E-state index contributed by atoms with van der Waals surface area (Å²) in [6.07, 6.45) is 3.52. The van der Waals surface area contributed by atoms with Crippen LogP contribution in [0.5, 0.6) is 11.5 Å². The zero-order valence-electron chi connectivity index (χ0n) is 17.4. The lowest BCUT2D eigenvalue weighted by molar-refractivity contribution is -0.134. The summed E-state index contributed by atoms with van der Waals surface area (Å²) < 4.78 is 24.3. The van der Waals surface area contributed by atoms with Gasteiger partial charge in [-0.05, 0) is 61.1 Å². The van der Waals surface area contributed by atoms with Crippen LogP contribution in [-0.4, -0.2) is 43.0 Å². The van der Waals surface area contributed by atoms with E-state index in [1.54, 1.807) is 4.90 Å². The number of hydrogen-bond acceptors (Lipinski definition) is 4. The van der Waals surface area contributed by atoms with Crippen LogP contribution < -0.4 is 14.8 Å². The molecule has 1 aliphatic heterocycles. The standard InChI is InChI=1S/C24H27FN2O4/c25-20-5-7-21(8-6-20)31-16-24(29)27-11-12-30-22-9-3-17(13-19(22)15-27)4-10-23(28)26-14-18-1-2-18/h3,5-9,13,18H,1-2,4,10-12,14-16H2,(H,26,28). The van der Waals surface area contributed by atoms with E-state index < -0.39 is 0 Å². The van der Waals surface area contributed by atoms with Gasteiger partial charge in [0.2, 0.25) is 5.91 Å². The molecule has 0 atom stereocenters. The third-order valence-corrected chi connectivity index (χ3v) is 5.56. The second-order valence-electron chi connectivity index (χ2n) is 8.10. The highest BCUT2D eigenvalue weighted by Crippen LogP contribution is 2.28. The molecule has 0 saturated heterocycles. The number of amides is 2. The molecule has 1 N–H and O–H groups in total. The molecule has 2 aromatic rings. The number of nitrogens with one attached hydrogen (secondary N) is 1. The van der Waals surface area contributed by atoms with Gasteiger partial charge >= 0.3 is 0 Å². The fourth-order valence-corrected chi connectivity index (χ4v) is 3.51. The van der Waals surface area contributed by atoms with E-state index in [1.165, 1.54) is 37.1 Å². The third-order valence-electron chi connectivity index (χ3n) is 5.56. The largest absolute Gasteiger partial charge is 0.491 e. The molecule has 2 amide bonds. The number of halogens is 1. The molecule has 0 bridgehead atoms. The molecule has 1 heterocycles. The fourth-order valence-electron chi connectivity index (χ4n) is 3.51. The molecule has 6 nitrogen and oxygen atoms in total. The molecule has 0 spiro atoms. The Kier molecular flexibility index (Phi) is 6.70. The van der Waals surface area contributed by atoms with Crippen LogP contribution in [0.4, 0.5) is 4.39 Å². The highest BCUT2D eigenvalue weighted by molar-refractivity contribution is 5.78. The zero-order chi connectivity index (χ0) is 21.6. The monoisotopic (exact) mass is 426 g/mol. The van der Waals surface area contributed by atoms with Crippen LogP contribution in [-0.2, 0) is 22.6 Å². The molecule has 2 aliphatic rings. The smallest absolute Gasteiger partial charge is 0.260 e. The Balaban J connectivity index is 1.31. The average Bonchev–Trinajstić information content (AvgIpc) is 3.62. The van der Waals surface area contributed by atoms with Crippen molar-refractivity contribution in [3.63, 3.8) is 0 Å².